The number of aliphatic imine (C=N–C) groups is 1. The number of hydrogen-bond acceptors (Lipinski definition) is 3. The fourth-order valence-corrected chi connectivity index (χ4v) is 3.38. The van der Waals surface area contributed by atoms with Gasteiger partial charge in [-0.2, -0.15) is 0 Å². The van der Waals surface area contributed by atoms with Gasteiger partial charge >= 0.3 is 0 Å². The van der Waals surface area contributed by atoms with Crippen LogP contribution in [-0.4, -0.2) is 27.7 Å². The summed E-state index contributed by atoms with van der Waals surface area (Å²) in [6.45, 7) is 3.06. The smallest absolute Gasteiger partial charge is 0.191 e. The summed E-state index contributed by atoms with van der Waals surface area (Å²) < 4.78 is 23.3. The van der Waals surface area contributed by atoms with E-state index in [2.05, 4.69) is 15.6 Å². The van der Waals surface area contributed by atoms with Crippen LogP contribution in [0.25, 0.3) is 0 Å². The maximum atomic E-state index is 11.7. The maximum Gasteiger partial charge on any atom is 0.191 e. The second kappa shape index (κ2) is 9.76. The number of halogens is 1. The van der Waals surface area contributed by atoms with Gasteiger partial charge in [0.2, 0.25) is 0 Å². The molecule has 0 bridgehead atoms. The number of nitrogens with one attached hydrogen (secondary N) is 2. The molecule has 0 radical (unpaired) electrons. The summed E-state index contributed by atoms with van der Waals surface area (Å²) in [7, 11) is -1.46. The van der Waals surface area contributed by atoms with Crippen molar-refractivity contribution in [2.75, 3.05) is 13.3 Å². The fourth-order valence-electron chi connectivity index (χ4n) is 2.43. The lowest BCUT2D eigenvalue weighted by Gasteiger charge is -2.13. The zero-order valence-corrected chi connectivity index (χ0v) is 17.8. The fraction of sp³-hybridized carbons (Fsp3) is 0.278. The summed E-state index contributed by atoms with van der Waals surface area (Å²) in [6, 6.07) is 15.4. The molecular weight excluding hydrogens is 449 g/mol. The highest BCUT2D eigenvalue weighted by Gasteiger charge is 2.10. The Labute approximate surface area is 166 Å². The molecule has 7 heteroatoms. The van der Waals surface area contributed by atoms with E-state index in [1.807, 2.05) is 49.4 Å². The predicted molar refractivity (Wildman–Crippen MR) is 113 cm³/mol. The standard InChI is InChI=1S/C18H23N3O2S.HI/c1-14-11-16(9-10-17(14)24(3,22)23)13-21-18(19-2)20-12-15-7-5-4-6-8-15;/h4-11H,12-13H2,1-3H3,(H2,19,20,21);1H. The molecule has 0 aliphatic rings. The molecule has 2 rings (SSSR count). The third-order valence-electron chi connectivity index (χ3n) is 3.63. The van der Waals surface area contributed by atoms with Gasteiger partial charge in [0.25, 0.3) is 0 Å². The molecule has 2 aromatic carbocycles. The molecule has 0 saturated carbocycles. The quantitative estimate of drug-likeness (QED) is 0.398. The van der Waals surface area contributed by atoms with Gasteiger partial charge in [0.15, 0.2) is 15.8 Å². The van der Waals surface area contributed by atoms with Crippen molar-refractivity contribution in [1.29, 1.82) is 0 Å². The molecule has 0 heterocycles. The van der Waals surface area contributed by atoms with E-state index in [1.54, 1.807) is 13.1 Å². The van der Waals surface area contributed by atoms with E-state index in [1.165, 1.54) is 11.8 Å². The minimum Gasteiger partial charge on any atom is -0.352 e. The lowest BCUT2D eigenvalue weighted by atomic mass is 10.1. The van der Waals surface area contributed by atoms with E-state index in [-0.39, 0.29) is 24.0 Å². The van der Waals surface area contributed by atoms with Crippen LogP contribution in [0.15, 0.2) is 58.4 Å². The third-order valence-corrected chi connectivity index (χ3v) is 4.88. The molecule has 2 aromatic rings. The van der Waals surface area contributed by atoms with Crippen molar-refractivity contribution in [2.45, 2.75) is 24.9 Å². The van der Waals surface area contributed by atoms with Crippen molar-refractivity contribution >= 4 is 39.8 Å². The molecule has 136 valence electrons. The molecule has 0 aliphatic heterocycles. The Morgan fingerprint density at radius 2 is 1.60 bits per heavy atom. The van der Waals surface area contributed by atoms with E-state index in [0.717, 1.165) is 11.1 Å². The lowest BCUT2D eigenvalue weighted by Crippen LogP contribution is -2.36. The summed E-state index contributed by atoms with van der Waals surface area (Å²) >= 11 is 0. The van der Waals surface area contributed by atoms with Crippen LogP contribution in [0.5, 0.6) is 0 Å². The van der Waals surface area contributed by atoms with Crippen LogP contribution in [0.1, 0.15) is 16.7 Å². The number of sulfone groups is 1. The number of aryl methyl sites for hydroxylation is 1. The summed E-state index contributed by atoms with van der Waals surface area (Å²) in [4.78, 5) is 4.57. The highest BCUT2D eigenvalue weighted by atomic mass is 127. The minimum atomic E-state index is -3.18. The number of hydrogen-bond donors (Lipinski definition) is 2. The summed E-state index contributed by atoms with van der Waals surface area (Å²) in [5.41, 5.74) is 2.93. The Hall–Kier alpha value is -1.61. The van der Waals surface area contributed by atoms with Crippen molar-refractivity contribution in [3.8, 4) is 0 Å². The van der Waals surface area contributed by atoms with E-state index >= 15 is 0 Å². The molecule has 0 amide bonds. The second-order valence-corrected chi connectivity index (χ2v) is 7.62. The van der Waals surface area contributed by atoms with E-state index < -0.39 is 9.84 Å². The van der Waals surface area contributed by atoms with Crippen LogP contribution < -0.4 is 10.6 Å². The van der Waals surface area contributed by atoms with Gasteiger partial charge in [-0.05, 0) is 29.7 Å². The first-order valence-corrected chi connectivity index (χ1v) is 9.57. The third kappa shape index (κ3) is 6.66. The first-order chi connectivity index (χ1) is 11.4. The molecular formula is C18H24IN3O2S. The van der Waals surface area contributed by atoms with E-state index in [0.29, 0.717) is 23.9 Å². The van der Waals surface area contributed by atoms with Gasteiger partial charge in [-0.15, -0.1) is 24.0 Å². The van der Waals surface area contributed by atoms with Crippen LogP contribution in [0.3, 0.4) is 0 Å². The van der Waals surface area contributed by atoms with Crippen molar-refractivity contribution in [3.05, 3.63) is 65.2 Å². The molecule has 0 saturated heterocycles. The largest absolute Gasteiger partial charge is 0.352 e. The zero-order chi connectivity index (χ0) is 17.6. The molecule has 5 nitrogen and oxygen atoms in total. The Morgan fingerprint density at radius 1 is 1.00 bits per heavy atom. The van der Waals surface area contributed by atoms with E-state index in [9.17, 15) is 8.42 Å². The Kier molecular flexibility index (Phi) is 8.37. The molecule has 0 spiro atoms. The van der Waals surface area contributed by atoms with E-state index in [4.69, 9.17) is 0 Å². The Balaban J connectivity index is 0.00000312. The second-order valence-electron chi connectivity index (χ2n) is 5.64. The van der Waals surface area contributed by atoms with Crippen molar-refractivity contribution in [2.24, 2.45) is 4.99 Å². The van der Waals surface area contributed by atoms with Gasteiger partial charge < -0.3 is 10.6 Å². The monoisotopic (exact) mass is 473 g/mol. The van der Waals surface area contributed by atoms with Crippen molar-refractivity contribution in [3.63, 3.8) is 0 Å². The topological polar surface area (TPSA) is 70.6 Å². The normalized spacial score (nSPS) is 11.6. The van der Waals surface area contributed by atoms with Crippen LogP contribution in [-0.2, 0) is 22.9 Å². The molecule has 0 aliphatic carbocycles. The summed E-state index contributed by atoms with van der Waals surface area (Å²) in [5, 5.41) is 6.48. The van der Waals surface area contributed by atoms with Gasteiger partial charge in [0, 0.05) is 26.4 Å². The molecule has 0 unspecified atom stereocenters. The molecule has 25 heavy (non-hydrogen) atoms. The average Bonchev–Trinajstić information content (AvgIpc) is 2.55. The van der Waals surface area contributed by atoms with Crippen molar-refractivity contribution in [1.82, 2.24) is 10.6 Å². The number of nitrogens with zero attached hydrogens (tertiary/aromatic N) is 1. The van der Waals surface area contributed by atoms with Gasteiger partial charge in [-0.1, -0.05) is 42.5 Å². The van der Waals surface area contributed by atoms with Gasteiger partial charge in [0.05, 0.1) is 4.90 Å². The van der Waals surface area contributed by atoms with Gasteiger partial charge in [-0.3, -0.25) is 4.99 Å². The van der Waals surface area contributed by atoms with Gasteiger partial charge in [0.1, 0.15) is 0 Å². The highest BCUT2D eigenvalue weighted by Crippen LogP contribution is 2.16. The predicted octanol–water partition coefficient (Wildman–Crippen LogP) is 2.88. The first kappa shape index (κ1) is 21.4. The number of benzene rings is 2. The maximum absolute atomic E-state index is 11.7. The van der Waals surface area contributed by atoms with Crippen molar-refractivity contribution < 1.29 is 8.42 Å². The Morgan fingerprint density at radius 3 is 2.12 bits per heavy atom. The van der Waals surface area contributed by atoms with Crippen LogP contribution in [0.2, 0.25) is 0 Å². The molecule has 0 fully saturated rings. The average molecular weight is 473 g/mol. The van der Waals surface area contributed by atoms with Crippen LogP contribution in [0.4, 0.5) is 0 Å². The zero-order valence-electron chi connectivity index (χ0n) is 14.6. The number of rotatable bonds is 5. The van der Waals surface area contributed by atoms with Crippen LogP contribution in [0, 0.1) is 6.92 Å². The SMILES string of the molecule is CN=C(NCc1ccccc1)NCc1ccc(S(C)(=O)=O)c(C)c1.I. The first-order valence-electron chi connectivity index (χ1n) is 7.68. The molecule has 0 atom stereocenters. The minimum absolute atomic E-state index is 0. The number of guanidine groups is 1. The van der Waals surface area contributed by atoms with Gasteiger partial charge in [-0.25, -0.2) is 8.42 Å². The lowest BCUT2D eigenvalue weighted by molar-refractivity contribution is 0.601. The summed E-state index contributed by atoms with van der Waals surface area (Å²) in [6.07, 6.45) is 1.22. The summed E-state index contributed by atoms with van der Waals surface area (Å²) in [5.74, 6) is 0.698. The molecule has 0 aromatic heterocycles. The van der Waals surface area contributed by atoms with Crippen LogP contribution >= 0.6 is 24.0 Å². The highest BCUT2D eigenvalue weighted by molar-refractivity contribution is 14.0. The molecule has 2 N–H and O–H groups in total. The Bertz CT molecular complexity index is 821.